The van der Waals surface area contributed by atoms with E-state index in [4.69, 9.17) is 16.3 Å². The van der Waals surface area contributed by atoms with Gasteiger partial charge in [0.05, 0.1) is 10.6 Å². The molecule has 15 heteroatoms. The number of hydrogen-bond donors (Lipinski definition) is 5. The zero-order valence-corrected chi connectivity index (χ0v) is 27.1. The second kappa shape index (κ2) is 16.3. The number of rotatable bonds is 10. The molecule has 0 spiro atoms. The van der Waals surface area contributed by atoms with Crippen molar-refractivity contribution < 1.29 is 37.1 Å². The fourth-order valence-corrected chi connectivity index (χ4v) is 4.77. The lowest BCUT2D eigenvalue weighted by atomic mass is 10.1. The van der Waals surface area contributed by atoms with Crippen LogP contribution in [0.15, 0.2) is 109 Å². The Labute approximate surface area is 293 Å². The normalized spacial score (nSPS) is 11.1. The third-order valence-electron chi connectivity index (χ3n) is 7.01. The number of aromatic nitrogens is 1. The summed E-state index contributed by atoms with van der Waals surface area (Å²) >= 11 is 5.61. The Hall–Kier alpha value is -6.41. The number of benzene rings is 4. The van der Waals surface area contributed by atoms with Crippen LogP contribution in [0.1, 0.15) is 28.0 Å². The number of pyridine rings is 1. The molecular formula is C36H28ClF3N6O5. The molecule has 5 amide bonds. The van der Waals surface area contributed by atoms with Crippen molar-refractivity contribution in [1.82, 2.24) is 21.2 Å². The first-order valence-corrected chi connectivity index (χ1v) is 15.5. The molecule has 0 fully saturated rings. The van der Waals surface area contributed by atoms with Gasteiger partial charge in [0.25, 0.3) is 5.91 Å². The van der Waals surface area contributed by atoms with E-state index >= 15 is 0 Å². The van der Waals surface area contributed by atoms with E-state index in [1.165, 1.54) is 54.7 Å². The molecule has 260 valence electrons. The first-order chi connectivity index (χ1) is 24.4. The van der Waals surface area contributed by atoms with Crippen molar-refractivity contribution in [2.75, 3.05) is 17.2 Å². The number of anilines is 2. The summed E-state index contributed by atoms with van der Waals surface area (Å²) in [7, 11) is 0. The molecule has 0 saturated heterocycles. The number of hydrogen-bond acceptors (Lipinski definition) is 6. The van der Waals surface area contributed by atoms with Crippen LogP contribution in [-0.4, -0.2) is 35.3 Å². The van der Waals surface area contributed by atoms with Crippen molar-refractivity contribution in [1.29, 1.82) is 0 Å². The minimum absolute atomic E-state index is 0.0360. The maximum atomic E-state index is 13.1. The third-order valence-corrected chi connectivity index (χ3v) is 7.34. The maximum Gasteiger partial charge on any atom is 0.417 e. The summed E-state index contributed by atoms with van der Waals surface area (Å²) in [6.45, 7) is 0.0360. The van der Waals surface area contributed by atoms with Crippen LogP contribution in [0, 0.1) is 0 Å². The molecule has 0 atom stereocenters. The molecule has 0 aliphatic heterocycles. The van der Waals surface area contributed by atoms with Gasteiger partial charge in [0.2, 0.25) is 11.8 Å². The number of halogens is 4. The molecule has 0 bridgehead atoms. The van der Waals surface area contributed by atoms with Crippen molar-refractivity contribution in [3.05, 3.63) is 131 Å². The Morgan fingerprint density at radius 3 is 2.27 bits per heavy atom. The number of amides is 5. The second-order valence-corrected chi connectivity index (χ2v) is 11.2. The summed E-state index contributed by atoms with van der Waals surface area (Å²) in [5.74, 6) is -1.07. The lowest BCUT2D eigenvalue weighted by Gasteiger charge is -2.13. The summed E-state index contributed by atoms with van der Waals surface area (Å²) in [5, 5.41) is 9.07. The van der Waals surface area contributed by atoms with Gasteiger partial charge in [0, 0.05) is 42.7 Å². The van der Waals surface area contributed by atoms with Crippen LogP contribution in [0.4, 0.5) is 29.3 Å². The number of urea groups is 1. The predicted molar refractivity (Wildman–Crippen MR) is 186 cm³/mol. The van der Waals surface area contributed by atoms with Gasteiger partial charge in [-0.1, -0.05) is 48.0 Å². The van der Waals surface area contributed by atoms with Gasteiger partial charge in [-0.25, -0.2) is 4.79 Å². The predicted octanol–water partition coefficient (Wildman–Crippen LogP) is 7.32. The number of carbonyl (C=O) groups excluding carboxylic acids is 4. The number of nitrogens with zero attached hydrogens (tertiary/aromatic N) is 1. The maximum absolute atomic E-state index is 13.1. The fourth-order valence-electron chi connectivity index (χ4n) is 4.55. The first-order valence-electron chi connectivity index (χ1n) is 15.2. The minimum atomic E-state index is -4.68. The molecule has 5 N–H and O–H groups in total. The van der Waals surface area contributed by atoms with Crippen LogP contribution >= 0.6 is 11.6 Å². The minimum Gasteiger partial charge on any atom is -0.457 e. The molecule has 1 heterocycles. The number of ether oxygens (including phenoxy) is 1. The van der Waals surface area contributed by atoms with Gasteiger partial charge >= 0.3 is 12.2 Å². The van der Waals surface area contributed by atoms with Crippen molar-refractivity contribution in [3.8, 4) is 11.5 Å². The smallest absolute Gasteiger partial charge is 0.417 e. The van der Waals surface area contributed by atoms with E-state index in [-0.39, 0.29) is 36.0 Å². The summed E-state index contributed by atoms with van der Waals surface area (Å²) in [4.78, 5) is 53.2. The van der Waals surface area contributed by atoms with Gasteiger partial charge in [-0.2, -0.15) is 13.2 Å². The molecule has 4 aromatic carbocycles. The van der Waals surface area contributed by atoms with Gasteiger partial charge in [0.1, 0.15) is 17.2 Å². The Kier molecular flexibility index (Phi) is 11.5. The van der Waals surface area contributed by atoms with E-state index in [1.807, 2.05) is 42.5 Å². The average molecular weight is 717 g/mol. The molecule has 0 saturated carbocycles. The van der Waals surface area contributed by atoms with Crippen molar-refractivity contribution >= 4 is 63.6 Å². The molecule has 5 rings (SSSR count). The van der Waals surface area contributed by atoms with Gasteiger partial charge in [0.15, 0.2) is 0 Å². The Morgan fingerprint density at radius 2 is 1.51 bits per heavy atom. The van der Waals surface area contributed by atoms with Crippen LogP contribution in [0.25, 0.3) is 16.8 Å². The summed E-state index contributed by atoms with van der Waals surface area (Å²) in [6.07, 6.45) is -0.406. The van der Waals surface area contributed by atoms with E-state index in [1.54, 1.807) is 6.08 Å². The number of carbonyl (C=O) groups is 4. The molecule has 0 aliphatic carbocycles. The Morgan fingerprint density at radius 1 is 0.784 bits per heavy atom. The van der Waals surface area contributed by atoms with E-state index < -0.39 is 34.6 Å². The molecule has 51 heavy (non-hydrogen) atoms. The van der Waals surface area contributed by atoms with Gasteiger partial charge < -0.3 is 20.7 Å². The molecule has 5 aromatic rings. The average Bonchev–Trinajstić information content (AvgIpc) is 3.11. The molecule has 11 nitrogen and oxygen atoms in total. The highest BCUT2D eigenvalue weighted by Gasteiger charge is 2.33. The Bertz CT molecular complexity index is 2110. The lowest BCUT2D eigenvalue weighted by Crippen LogP contribution is -2.43. The monoisotopic (exact) mass is 716 g/mol. The number of hydrazine groups is 1. The van der Waals surface area contributed by atoms with Crippen molar-refractivity contribution in [2.45, 2.75) is 12.6 Å². The van der Waals surface area contributed by atoms with Crippen LogP contribution in [0.5, 0.6) is 11.5 Å². The third kappa shape index (κ3) is 10.5. The summed E-state index contributed by atoms with van der Waals surface area (Å²) in [5.41, 5.74) is 4.44. The van der Waals surface area contributed by atoms with Gasteiger partial charge in [-0.3, -0.25) is 30.2 Å². The Balaban J connectivity index is 1.04. The van der Waals surface area contributed by atoms with Crippen LogP contribution in [0.3, 0.4) is 0 Å². The largest absolute Gasteiger partial charge is 0.457 e. The lowest BCUT2D eigenvalue weighted by molar-refractivity contribution is -0.137. The molecular weight excluding hydrogens is 689 g/mol. The molecule has 1 aromatic heterocycles. The van der Waals surface area contributed by atoms with Crippen LogP contribution < -0.4 is 31.5 Å². The van der Waals surface area contributed by atoms with Crippen molar-refractivity contribution in [3.63, 3.8) is 0 Å². The standard InChI is InChI=1S/C36H28ClF3N6O5/c37-30-13-10-26(20-29(30)36(38,39)40)44-35(50)43-25-8-11-27(12-9-25)51-28-15-17-41-31(21-28)34(49)46-45-33(48)16-18-42-32(47)14-6-22-5-7-23-3-1-2-4-24(23)19-22/h1-15,17,19-21H,16,18H2,(H,42,47)(H,45,48)(H,46,49)(H2,43,44,50)/b14-6+. The van der Waals surface area contributed by atoms with E-state index in [0.717, 1.165) is 28.5 Å². The van der Waals surface area contributed by atoms with E-state index in [9.17, 15) is 32.3 Å². The van der Waals surface area contributed by atoms with Crippen LogP contribution in [-0.2, 0) is 15.8 Å². The number of alkyl halides is 3. The summed E-state index contributed by atoms with van der Waals surface area (Å²) in [6, 6.07) is 24.7. The van der Waals surface area contributed by atoms with Crippen molar-refractivity contribution in [2.24, 2.45) is 0 Å². The highest BCUT2D eigenvalue weighted by molar-refractivity contribution is 6.31. The molecule has 0 radical (unpaired) electrons. The fraction of sp³-hybridized carbons (Fsp3) is 0.0833. The highest BCUT2D eigenvalue weighted by atomic mass is 35.5. The number of nitrogens with one attached hydrogen (secondary N) is 5. The SMILES string of the molecule is O=C(/C=C/c1ccc2ccccc2c1)NCCC(=O)NNC(=O)c1cc(Oc2ccc(NC(=O)Nc3ccc(Cl)c(C(F)(F)F)c3)cc2)ccn1. The van der Waals surface area contributed by atoms with E-state index in [2.05, 4.69) is 31.8 Å². The number of fused-ring (bicyclic) bond motifs is 1. The highest BCUT2D eigenvalue weighted by Crippen LogP contribution is 2.36. The molecule has 0 aliphatic rings. The summed E-state index contributed by atoms with van der Waals surface area (Å²) < 4.78 is 45.0. The quantitative estimate of drug-likeness (QED) is 0.0755. The van der Waals surface area contributed by atoms with Gasteiger partial charge in [-0.15, -0.1) is 0 Å². The van der Waals surface area contributed by atoms with Gasteiger partial charge in [-0.05, 0) is 77.0 Å². The van der Waals surface area contributed by atoms with E-state index in [0.29, 0.717) is 11.4 Å². The van der Waals surface area contributed by atoms with Crippen LogP contribution in [0.2, 0.25) is 5.02 Å². The second-order valence-electron chi connectivity index (χ2n) is 10.8. The molecule has 0 unspecified atom stereocenters. The zero-order chi connectivity index (χ0) is 36.4. The zero-order valence-electron chi connectivity index (χ0n) is 26.4. The first kappa shape index (κ1) is 35.9. The topological polar surface area (TPSA) is 151 Å².